The number of aliphatic hydroxyl groups is 1. The Morgan fingerprint density at radius 1 is 0.771 bits per heavy atom. The van der Waals surface area contributed by atoms with Gasteiger partial charge in [0.1, 0.15) is 0 Å². The molecule has 0 saturated heterocycles. The van der Waals surface area contributed by atoms with Crippen molar-refractivity contribution < 1.29 is 5.11 Å². The standard InChI is InChI=1S/C34H52O/c1-3-4-5-6-27-9-15-31(16-10-27)32-17-11-28(12-18-32)7-8-29-13-19-33(20-14-29)34-23-21-30(22-24-34)26(2)25-35/h7-8,21-24,27-29,31-33,35H,2-6,9-20,25H2,1H3/b8-7+. The average Bonchev–Trinajstić information content (AvgIpc) is 2.93. The summed E-state index contributed by atoms with van der Waals surface area (Å²) in [6.07, 6.45) is 28.3. The summed E-state index contributed by atoms with van der Waals surface area (Å²) in [5.41, 5.74) is 3.34. The predicted octanol–water partition coefficient (Wildman–Crippen LogP) is 9.72. The van der Waals surface area contributed by atoms with E-state index in [0.29, 0.717) is 5.92 Å². The van der Waals surface area contributed by atoms with Crippen LogP contribution in [0, 0.1) is 29.6 Å². The summed E-state index contributed by atoms with van der Waals surface area (Å²) < 4.78 is 0. The molecule has 3 saturated carbocycles. The van der Waals surface area contributed by atoms with E-state index in [4.69, 9.17) is 0 Å². The third-order valence-corrected chi connectivity index (χ3v) is 10.00. The Morgan fingerprint density at radius 3 is 1.86 bits per heavy atom. The summed E-state index contributed by atoms with van der Waals surface area (Å²) in [5.74, 6) is 5.48. The second-order valence-corrected chi connectivity index (χ2v) is 12.3. The maximum absolute atomic E-state index is 9.29. The fourth-order valence-corrected chi connectivity index (χ4v) is 7.48. The number of rotatable bonds is 10. The van der Waals surface area contributed by atoms with Gasteiger partial charge in [0.15, 0.2) is 0 Å². The van der Waals surface area contributed by atoms with Crippen LogP contribution in [0.15, 0.2) is 43.0 Å². The Bertz CT molecular complexity index is 765. The largest absolute Gasteiger partial charge is 0.392 e. The van der Waals surface area contributed by atoms with Crippen LogP contribution in [0.5, 0.6) is 0 Å². The Morgan fingerprint density at radius 2 is 1.31 bits per heavy atom. The van der Waals surface area contributed by atoms with Crippen LogP contribution in [0.2, 0.25) is 0 Å². The van der Waals surface area contributed by atoms with Gasteiger partial charge in [-0.2, -0.15) is 0 Å². The molecule has 0 heterocycles. The molecule has 0 spiro atoms. The van der Waals surface area contributed by atoms with E-state index >= 15 is 0 Å². The number of unbranched alkanes of at least 4 members (excludes halogenated alkanes) is 2. The van der Waals surface area contributed by atoms with E-state index in [1.54, 1.807) is 0 Å². The molecule has 1 heteroatoms. The number of hydrogen-bond acceptors (Lipinski definition) is 1. The molecule has 1 nitrogen and oxygen atoms in total. The van der Waals surface area contributed by atoms with Crippen molar-refractivity contribution in [1.82, 2.24) is 0 Å². The van der Waals surface area contributed by atoms with E-state index < -0.39 is 0 Å². The minimum Gasteiger partial charge on any atom is -0.392 e. The first-order valence-corrected chi connectivity index (χ1v) is 15.2. The van der Waals surface area contributed by atoms with Crippen molar-refractivity contribution in [2.24, 2.45) is 29.6 Å². The van der Waals surface area contributed by atoms with Gasteiger partial charge >= 0.3 is 0 Å². The van der Waals surface area contributed by atoms with Gasteiger partial charge in [0.2, 0.25) is 0 Å². The lowest BCUT2D eigenvalue weighted by Crippen LogP contribution is -2.25. The molecule has 3 aliphatic carbocycles. The van der Waals surface area contributed by atoms with E-state index in [1.165, 1.54) is 108 Å². The smallest absolute Gasteiger partial charge is 0.0681 e. The molecule has 0 radical (unpaired) electrons. The maximum atomic E-state index is 9.29. The van der Waals surface area contributed by atoms with Crippen LogP contribution in [-0.2, 0) is 0 Å². The van der Waals surface area contributed by atoms with E-state index in [9.17, 15) is 5.11 Å². The Labute approximate surface area is 216 Å². The van der Waals surface area contributed by atoms with Crippen LogP contribution >= 0.6 is 0 Å². The van der Waals surface area contributed by atoms with Gasteiger partial charge in [-0.15, -0.1) is 0 Å². The third-order valence-electron chi connectivity index (χ3n) is 10.00. The lowest BCUT2D eigenvalue weighted by molar-refractivity contribution is 0.151. The summed E-state index contributed by atoms with van der Waals surface area (Å²) in [4.78, 5) is 0. The molecule has 4 rings (SSSR count). The Hall–Kier alpha value is -1.34. The highest BCUT2D eigenvalue weighted by Crippen LogP contribution is 2.43. The van der Waals surface area contributed by atoms with Crippen LogP contribution in [0.4, 0.5) is 0 Å². The van der Waals surface area contributed by atoms with Gasteiger partial charge in [0.25, 0.3) is 0 Å². The van der Waals surface area contributed by atoms with Gasteiger partial charge in [-0.1, -0.05) is 88.4 Å². The molecule has 0 unspecified atom stereocenters. The third kappa shape index (κ3) is 7.82. The van der Waals surface area contributed by atoms with Crippen molar-refractivity contribution in [3.63, 3.8) is 0 Å². The first-order chi connectivity index (χ1) is 17.2. The van der Waals surface area contributed by atoms with E-state index in [1.807, 2.05) is 0 Å². The number of benzene rings is 1. The molecule has 1 N–H and O–H groups in total. The fraction of sp³-hybridized carbons (Fsp3) is 0.706. The molecule has 1 aromatic rings. The molecular weight excluding hydrogens is 424 g/mol. The molecule has 3 fully saturated rings. The number of allylic oxidation sites excluding steroid dienone is 2. The van der Waals surface area contributed by atoms with Gasteiger partial charge in [-0.25, -0.2) is 0 Å². The SMILES string of the molecule is C=C(CO)c1ccc(C2CCC(/C=C/C3CCC(C4CCC(CCCCC)CC4)CC3)CC2)cc1. The van der Waals surface area contributed by atoms with Gasteiger partial charge in [-0.05, 0) is 116 Å². The number of hydrogen-bond donors (Lipinski definition) is 1. The van der Waals surface area contributed by atoms with Crippen molar-refractivity contribution in [2.75, 3.05) is 6.61 Å². The van der Waals surface area contributed by atoms with E-state index in [2.05, 4.69) is 49.9 Å². The second-order valence-electron chi connectivity index (χ2n) is 12.3. The molecule has 3 aliphatic rings. The Balaban J connectivity index is 1.13. The van der Waals surface area contributed by atoms with Crippen LogP contribution in [0.3, 0.4) is 0 Å². The monoisotopic (exact) mass is 476 g/mol. The number of aliphatic hydroxyl groups excluding tert-OH is 1. The van der Waals surface area contributed by atoms with E-state index in [0.717, 1.165) is 40.7 Å². The van der Waals surface area contributed by atoms with E-state index in [-0.39, 0.29) is 6.61 Å². The minimum atomic E-state index is 0.0403. The predicted molar refractivity (Wildman–Crippen MR) is 151 cm³/mol. The summed E-state index contributed by atoms with van der Waals surface area (Å²) >= 11 is 0. The molecule has 194 valence electrons. The molecule has 0 amide bonds. The lowest BCUT2D eigenvalue weighted by Gasteiger charge is -2.37. The molecule has 0 aliphatic heterocycles. The van der Waals surface area contributed by atoms with Crippen LogP contribution in [-0.4, -0.2) is 11.7 Å². The van der Waals surface area contributed by atoms with Gasteiger partial charge < -0.3 is 5.11 Å². The highest BCUT2D eigenvalue weighted by atomic mass is 16.3. The maximum Gasteiger partial charge on any atom is 0.0681 e. The first-order valence-electron chi connectivity index (χ1n) is 15.2. The molecule has 35 heavy (non-hydrogen) atoms. The van der Waals surface area contributed by atoms with Crippen molar-refractivity contribution in [3.8, 4) is 0 Å². The van der Waals surface area contributed by atoms with Gasteiger partial charge in [0.05, 0.1) is 6.61 Å². The summed E-state index contributed by atoms with van der Waals surface area (Å²) in [7, 11) is 0. The first kappa shape index (κ1) is 26.7. The highest BCUT2D eigenvalue weighted by molar-refractivity contribution is 5.64. The topological polar surface area (TPSA) is 20.2 Å². The van der Waals surface area contributed by atoms with Gasteiger partial charge in [-0.3, -0.25) is 0 Å². The lowest BCUT2D eigenvalue weighted by atomic mass is 9.68. The van der Waals surface area contributed by atoms with Crippen molar-refractivity contribution in [2.45, 2.75) is 116 Å². The van der Waals surface area contributed by atoms with Crippen LogP contribution in [0.25, 0.3) is 5.57 Å². The normalized spacial score (nSPS) is 32.1. The molecule has 0 atom stereocenters. The summed E-state index contributed by atoms with van der Waals surface area (Å²) in [6.45, 7) is 6.31. The van der Waals surface area contributed by atoms with Crippen LogP contribution in [0.1, 0.15) is 127 Å². The summed E-state index contributed by atoms with van der Waals surface area (Å²) in [5, 5.41) is 9.29. The van der Waals surface area contributed by atoms with Crippen LogP contribution < -0.4 is 0 Å². The zero-order valence-corrected chi connectivity index (χ0v) is 22.6. The van der Waals surface area contributed by atoms with Gasteiger partial charge in [0, 0.05) is 0 Å². The summed E-state index contributed by atoms with van der Waals surface area (Å²) in [6, 6.07) is 8.79. The van der Waals surface area contributed by atoms with Crippen molar-refractivity contribution in [1.29, 1.82) is 0 Å². The zero-order valence-electron chi connectivity index (χ0n) is 22.6. The fourth-order valence-electron chi connectivity index (χ4n) is 7.48. The quantitative estimate of drug-likeness (QED) is 0.263. The average molecular weight is 477 g/mol. The molecule has 1 aromatic carbocycles. The highest BCUT2D eigenvalue weighted by Gasteiger charge is 2.30. The Kier molecular flexibility index (Phi) is 10.6. The second kappa shape index (κ2) is 13.8. The molecule has 0 bridgehead atoms. The molecular formula is C34H52O. The minimum absolute atomic E-state index is 0.0403. The van der Waals surface area contributed by atoms with Crippen molar-refractivity contribution >= 4 is 5.57 Å². The molecule has 0 aromatic heterocycles. The van der Waals surface area contributed by atoms with Crippen molar-refractivity contribution in [3.05, 3.63) is 54.1 Å². The zero-order chi connectivity index (χ0) is 24.5.